The van der Waals surface area contributed by atoms with Crippen LogP contribution in [0.1, 0.15) is 18.4 Å². The molecule has 0 radical (unpaired) electrons. The van der Waals surface area contributed by atoms with Crippen molar-refractivity contribution in [2.75, 3.05) is 5.32 Å². The molecule has 0 bridgehead atoms. The van der Waals surface area contributed by atoms with E-state index in [1.54, 1.807) is 37.3 Å². The van der Waals surface area contributed by atoms with Crippen molar-refractivity contribution in [3.63, 3.8) is 0 Å². The first-order valence-corrected chi connectivity index (χ1v) is 8.21. The number of hydrogen-bond acceptors (Lipinski definition) is 4. The number of amides is 1. The zero-order chi connectivity index (χ0) is 18.5. The number of hydrogen-bond donors (Lipinski definition) is 1. The van der Waals surface area contributed by atoms with Crippen LogP contribution in [0.5, 0.6) is 0 Å². The Bertz CT molecular complexity index is 964. The molecule has 1 amide bonds. The quantitative estimate of drug-likeness (QED) is 0.735. The molecule has 2 heterocycles. The van der Waals surface area contributed by atoms with Crippen molar-refractivity contribution >= 4 is 11.6 Å². The van der Waals surface area contributed by atoms with E-state index in [1.807, 2.05) is 0 Å². The summed E-state index contributed by atoms with van der Waals surface area (Å²) in [6.07, 6.45) is 2.15. The molecule has 7 heteroatoms. The van der Waals surface area contributed by atoms with E-state index >= 15 is 0 Å². The largest absolute Gasteiger partial charge is 0.463 e. The van der Waals surface area contributed by atoms with E-state index in [0.29, 0.717) is 35.7 Å². The third-order valence-electron chi connectivity index (χ3n) is 3.87. The van der Waals surface area contributed by atoms with Crippen molar-refractivity contribution in [1.29, 1.82) is 0 Å². The van der Waals surface area contributed by atoms with Crippen LogP contribution in [0, 0.1) is 12.7 Å². The highest BCUT2D eigenvalue weighted by Gasteiger charge is 2.08. The Labute approximate surface area is 149 Å². The van der Waals surface area contributed by atoms with Crippen molar-refractivity contribution in [1.82, 2.24) is 9.78 Å². The molecule has 0 unspecified atom stereocenters. The van der Waals surface area contributed by atoms with E-state index in [1.165, 1.54) is 23.1 Å². The summed E-state index contributed by atoms with van der Waals surface area (Å²) in [4.78, 5) is 23.9. The monoisotopic (exact) mass is 355 g/mol. The Morgan fingerprint density at radius 2 is 2.12 bits per heavy atom. The summed E-state index contributed by atoms with van der Waals surface area (Å²) in [7, 11) is 0. The predicted molar refractivity (Wildman–Crippen MR) is 95.2 cm³/mol. The molecule has 0 aliphatic rings. The van der Waals surface area contributed by atoms with Gasteiger partial charge < -0.3 is 9.73 Å². The number of benzene rings is 1. The van der Waals surface area contributed by atoms with Crippen molar-refractivity contribution in [3.8, 4) is 11.5 Å². The van der Waals surface area contributed by atoms with Crippen molar-refractivity contribution in [2.45, 2.75) is 26.3 Å². The van der Waals surface area contributed by atoms with Gasteiger partial charge in [-0.2, -0.15) is 5.10 Å². The highest BCUT2D eigenvalue weighted by atomic mass is 19.1. The van der Waals surface area contributed by atoms with Crippen LogP contribution in [0.4, 0.5) is 10.1 Å². The smallest absolute Gasteiger partial charge is 0.266 e. The van der Waals surface area contributed by atoms with Crippen molar-refractivity contribution < 1.29 is 13.6 Å². The number of nitrogens with one attached hydrogen (secondary N) is 1. The van der Waals surface area contributed by atoms with Crippen molar-refractivity contribution in [3.05, 3.63) is 70.5 Å². The number of carbonyl (C=O) groups is 1. The van der Waals surface area contributed by atoms with Crippen molar-refractivity contribution in [2.24, 2.45) is 0 Å². The molecule has 0 fully saturated rings. The lowest BCUT2D eigenvalue weighted by Crippen LogP contribution is -2.23. The fourth-order valence-corrected chi connectivity index (χ4v) is 2.45. The van der Waals surface area contributed by atoms with E-state index in [2.05, 4.69) is 10.4 Å². The van der Waals surface area contributed by atoms with Crippen LogP contribution in [-0.2, 0) is 11.3 Å². The number of nitrogens with zero attached hydrogens (tertiary/aromatic N) is 2. The van der Waals surface area contributed by atoms with E-state index < -0.39 is 0 Å². The molecule has 2 aromatic heterocycles. The first kappa shape index (κ1) is 17.6. The summed E-state index contributed by atoms with van der Waals surface area (Å²) in [5.41, 5.74) is 1.23. The molecule has 0 saturated heterocycles. The van der Waals surface area contributed by atoms with Gasteiger partial charge in [-0.05, 0) is 49.2 Å². The first-order chi connectivity index (χ1) is 12.5. The minimum absolute atomic E-state index is 0.189. The van der Waals surface area contributed by atoms with Gasteiger partial charge in [0.1, 0.15) is 11.5 Å². The fourth-order valence-electron chi connectivity index (χ4n) is 2.45. The molecule has 3 aromatic rings. The normalized spacial score (nSPS) is 10.7. The van der Waals surface area contributed by atoms with Crippen LogP contribution in [0.2, 0.25) is 0 Å². The molecular formula is C19H18FN3O3. The van der Waals surface area contributed by atoms with Crippen LogP contribution in [0.3, 0.4) is 0 Å². The summed E-state index contributed by atoms with van der Waals surface area (Å²) in [6, 6.07) is 11.0. The van der Waals surface area contributed by atoms with E-state index in [-0.39, 0.29) is 23.7 Å². The number of rotatable bonds is 6. The van der Waals surface area contributed by atoms with E-state index in [0.717, 1.165) is 0 Å². The van der Waals surface area contributed by atoms with Gasteiger partial charge in [0.25, 0.3) is 5.56 Å². The second-order valence-corrected chi connectivity index (χ2v) is 5.87. The van der Waals surface area contributed by atoms with Gasteiger partial charge in [0.05, 0.1) is 6.26 Å². The standard InChI is InChI=1S/C19H18FN3O3/c1-13-6-7-14(12-15(13)20)21-18(24)5-2-10-23-19(25)9-8-16(22-23)17-4-3-11-26-17/h3-4,6-9,11-12H,2,5,10H2,1H3,(H,21,24). The summed E-state index contributed by atoms with van der Waals surface area (Å²) < 4.78 is 20.1. The van der Waals surface area contributed by atoms with Gasteiger partial charge >= 0.3 is 0 Å². The minimum atomic E-state index is -0.367. The summed E-state index contributed by atoms with van der Waals surface area (Å²) >= 11 is 0. The zero-order valence-corrected chi connectivity index (χ0v) is 14.2. The fraction of sp³-hybridized carbons (Fsp3) is 0.211. The number of anilines is 1. The number of halogens is 1. The number of aryl methyl sites for hydroxylation is 2. The average molecular weight is 355 g/mol. The molecule has 1 N–H and O–H groups in total. The third-order valence-corrected chi connectivity index (χ3v) is 3.87. The maximum atomic E-state index is 13.5. The molecule has 0 saturated carbocycles. The van der Waals surface area contributed by atoms with Gasteiger partial charge in [-0.3, -0.25) is 9.59 Å². The summed E-state index contributed by atoms with van der Waals surface area (Å²) in [5, 5.41) is 6.89. The molecule has 3 rings (SSSR count). The number of carbonyl (C=O) groups excluding carboxylic acids is 1. The van der Waals surface area contributed by atoms with Gasteiger partial charge in [0.2, 0.25) is 5.91 Å². The summed E-state index contributed by atoms with van der Waals surface area (Å²) in [6.45, 7) is 1.95. The highest BCUT2D eigenvalue weighted by molar-refractivity contribution is 5.90. The van der Waals surface area contributed by atoms with Gasteiger partial charge in [-0.15, -0.1) is 0 Å². The molecule has 26 heavy (non-hydrogen) atoms. The Morgan fingerprint density at radius 1 is 1.27 bits per heavy atom. The lowest BCUT2D eigenvalue weighted by Gasteiger charge is -2.08. The summed E-state index contributed by atoms with van der Waals surface area (Å²) in [5.74, 6) is -0.0466. The molecule has 0 aliphatic carbocycles. The molecule has 0 aliphatic heterocycles. The minimum Gasteiger partial charge on any atom is -0.463 e. The molecular weight excluding hydrogens is 337 g/mol. The Balaban J connectivity index is 1.57. The zero-order valence-electron chi connectivity index (χ0n) is 14.2. The van der Waals surface area contributed by atoms with Crippen LogP contribution in [-0.4, -0.2) is 15.7 Å². The van der Waals surface area contributed by atoms with E-state index in [4.69, 9.17) is 4.42 Å². The number of furan rings is 1. The molecule has 1 aromatic carbocycles. The van der Waals surface area contributed by atoms with Gasteiger partial charge in [0.15, 0.2) is 5.76 Å². The lowest BCUT2D eigenvalue weighted by atomic mass is 10.2. The van der Waals surface area contributed by atoms with Crippen LogP contribution in [0.25, 0.3) is 11.5 Å². The predicted octanol–water partition coefficient (Wildman–Crippen LogP) is 3.37. The average Bonchev–Trinajstić information content (AvgIpc) is 3.14. The second kappa shape index (κ2) is 7.77. The van der Waals surface area contributed by atoms with Gasteiger partial charge in [-0.1, -0.05) is 6.07 Å². The Morgan fingerprint density at radius 3 is 2.85 bits per heavy atom. The first-order valence-electron chi connectivity index (χ1n) is 8.21. The lowest BCUT2D eigenvalue weighted by molar-refractivity contribution is -0.116. The van der Waals surface area contributed by atoms with E-state index in [9.17, 15) is 14.0 Å². The third kappa shape index (κ3) is 4.24. The van der Waals surface area contributed by atoms with Crippen LogP contribution < -0.4 is 10.9 Å². The SMILES string of the molecule is Cc1ccc(NC(=O)CCCn2nc(-c3ccco3)ccc2=O)cc1F. The Kier molecular flexibility index (Phi) is 5.26. The molecule has 6 nitrogen and oxygen atoms in total. The Hall–Kier alpha value is -3.22. The number of aromatic nitrogens is 2. The van der Waals surface area contributed by atoms with Crippen LogP contribution >= 0.6 is 0 Å². The maximum absolute atomic E-state index is 13.5. The molecule has 134 valence electrons. The van der Waals surface area contributed by atoms with Gasteiger partial charge in [-0.25, -0.2) is 9.07 Å². The molecule has 0 atom stereocenters. The maximum Gasteiger partial charge on any atom is 0.266 e. The van der Waals surface area contributed by atoms with Gasteiger partial charge in [0, 0.05) is 24.7 Å². The second-order valence-electron chi connectivity index (χ2n) is 5.87. The topological polar surface area (TPSA) is 77.1 Å². The highest BCUT2D eigenvalue weighted by Crippen LogP contribution is 2.16. The molecule has 0 spiro atoms. The van der Waals surface area contributed by atoms with Crippen LogP contribution in [0.15, 0.2) is 57.9 Å².